The molecule has 1 fully saturated rings. The highest BCUT2D eigenvalue weighted by atomic mass is 16.1. The van der Waals surface area contributed by atoms with Gasteiger partial charge in [-0.3, -0.25) is 4.79 Å². The lowest BCUT2D eigenvalue weighted by molar-refractivity contribution is 0.0949. The number of nitrogens with zero attached hydrogens (tertiary/aromatic N) is 3. The van der Waals surface area contributed by atoms with E-state index in [4.69, 9.17) is 0 Å². The Hall–Kier alpha value is -2.43. The largest absolute Gasteiger partial charge is 0.357 e. The van der Waals surface area contributed by atoms with Crippen LogP contribution in [0.15, 0.2) is 24.3 Å². The summed E-state index contributed by atoms with van der Waals surface area (Å²) in [6, 6.07) is 7.89. The van der Waals surface area contributed by atoms with Gasteiger partial charge in [-0.25, -0.2) is 9.97 Å². The summed E-state index contributed by atoms with van der Waals surface area (Å²) in [5.74, 6) is 1.55. The number of aromatic nitrogens is 2. The van der Waals surface area contributed by atoms with Gasteiger partial charge in [0, 0.05) is 30.4 Å². The smallest absolute Gasteiger partial charge is 0.251 e. The fourth-order valence-electron chi connectivity index (χ4n) is 3.34. The van der Waals surface area contributed by atoms with Crippen LogP contribution in [0.5, 0.6) is 0 Å². The Balaban J connectivity index is 1.70. The van der Waals surface area contributed by atoms with Crippen molar-refractivity contribution in [1.82, 2.24) is 15.3 Å². The maximum atomic E-state index is 12.4. The second-order valence-electron chi connectivity index (χ2n) is 6.89. The standard InChI is InChI=1S/C20H26N4O/c1-14-9-15(2)11-17(10-14)20(25)21-13-18-22-16(3)12-19(23-18)24-7-5-4-6-8-24/h9-12H,4-8,13H2,1-3H3,(H,21,25). The number of piperidine rings is 1. The molecule has 5 heteroatoms. The van der Waals surface area contributed by atoms with Crippen LogP contribution in [-0.2, 0) is 6.54 Å². The van der Waals surface area contributed by atoms with Crippen molar-refractivity contribution in [1.29, 1.82) is 0 Å². The van der Waals surface area contributed by atoms with Crippen molar-refractivity contribution >= 4 is 11.7 Å². The van der Waals surface area contributed by atoms with Crippen LogP contribution >= 0.6 is 0 Å². The first-order valence-electron chi connectivity index (χ1n) is 8.97. The van der Waals surface area contributed by atoms with Crippen LogP contribution < -0.4 is 10.2 Å². The van der Waals surface area contributed by atoms with Gasteiger partial charge >= 0.3 is 0 Å². The number of rotatable bonds is 4. The molecule has 25 heavy (non-hydrogen) atoms. The van der Waals surface area contributed by atoms with Crippen molar-refractivity contribution in [2.45, 2.75) is 46.6 Å². The average molecular weight is 338 g/mol. The van der Waals surface area contributed by atoms with Gasteiger partial charge in [0.1, 0.15) is 11.6 Å². The number of nitrogens with one attached hydrogen (secondary N) is 1. The van der Waals surface area contributed by atoms with E-state index >= 15 is 0 Å². The third kappa shape index (κ3) is 4.56. The van der Waals surface area contributed by atoms with E-state index in [2.05, 4.69) is 26.3 Å². The minimum atomic E-state index is -0.0866. The van der Waals surface area contributed by atoms with Gasteiger partial charge in [-0.05, 0) is 52.2 Å². The zero-order chi connectivity index (χ0) is 17.8. The number of anilines is 1. The lowest BCUT2D eigenvalue weighted by Crippen LogP contribution is -2.31. The Labute approximate surface area is 149 Å². The summed E-state index contributed by atoms with van der Waals surface area (Å²) >= 11 is 0. The number of hydrogen-bond acceptors (Lipinski definition) is 4. The van der Waals surface area contributed by atoms with Crippen LogP contribution in [0.1, 0.15) is 52.3 Å². The highest BCUT2D eigenvalue weighted by Gasteiger charge is 2.14. The third-order valence-electron chi connectivity index (χ3n) is 4.46. The summed E-state index contributed by atoms with van der Waals surface area (Å²) in [4.78, 5) is 23.9. The van der Waals surface area contributed by atoms with Crippen molar-refractivity contribution in [2.24, 2.45) is 0 Å². The molecule has 1 aliphatic rings. The molecule has 1 aromatic carbocycles. The molecule has 0 saturated carbocycles. The maximum absolute atomic E-state index is 12.4. The van der Waals surface area contributed by atoms with Crippen molar-refractivity contribution in [3.8, 4) is 0 Å². The summed E-state index contributed by atoms with van der Waals surface area (Å²) in [5, 5.41) is 2.94. The lowest BCUT2D eigenvalue weighted by Gasteiger charge is -2.28. The van der Waals surface area contributed by atoms with Crippen LogP contribution in [0.2, 0.25) is 0 Å². The quantitative estimate of drug-likeness (QED) is 0.929. The topological polar surface area (TPSA) is 58.1 Å². The molecule has 2 heterocycles. The Kier molecular flexibility index (Phi) is 5.31. The third-order valence-corrected chi connectivity index (χ3v) is 4.46. The second kappa shape index (κ2) is 7.64. The van der Waals surface area contributed by atoms with Crippen molar-refractivity contribution in [3.05, 3.63) is 52.5 Å². The van der Waals surface area contributed by atoms with Crippen molar-refractivity contribution in [3.63, 3.8) is 0 Å². The van der Waals surface area contributed by atoms with E-state index < -0.39 is 0 Å². The predicted molar refractivity (Wildman–Crippen MR) is 99.9 cm³/mol. The van der Waals surface area contributed by atoms with Gasteiger partial charge in [0.25, 0.3) is 5.91 Å². The van der Waals surface area contributed by atoms with Gasteiger partial charge in [-0.2, -0.15) is 0 Å². The fraction of sp³-hybridized carbons (Fsp3) is 0.450. The van der Waals surface area contributed by atoms with Crippen molar-refractivity contribution in [2.75, 3.05) is 18.0 Å². The number of benzene rings is 1. The van der Waals surface area contributed by atoms with E-state index in [1.54, 1.807) is 0 Å². The van der Waals surface area contributed by atoms with E-state index in [0.717, 1.165) is 35.7 Å². The monoisotopic (exact) mass is 338 g/mol. The van der Waals surface area contributed by atoms with E-state index in [1.807, 2.05) is 39.0 Å². The van der Waals surface area contributed by atoms with Crippen LogP contribution in [0.25, 0.3) is 0 Å². The van der Waals surface area contributed by atoms with Crippen LogP contribution in [0.3, 0.4) is 0 Å². The van der Waals surface area contributed by atoms with E-state index in [1.165, 1.54) is 19.3 Å². The Bertz CT molecular complexity index is 746. The number of carbonyl (C=O) groups is 1. The highest BCUT2D eigenvalue weighted by molar-refractivity contribution is 5.94. The fourth-order valence-corrected chi connectivity index (χ4v) is 3.34. The lowest BCUT2D eigenvalue weighted by atomic mass is 10.1. The molecule has 1 N–H and O–H groups in total. The van der Waals surface area contributed by atoms with Crippen LogP contribution in [0, 0.1) is 20.8 Å². The normalized spacial score (nSPS) is 14.4. The summed E-state index contributed by atoms with van der Waals surface area (Å²) in [5.41, 5.74) is 3.79. The first-order chi connectivity index (χ1) is 12.0. The van der Waals surface area contributed by atoms with E-state index in [9.17, 15) is 4.79 Å². The zero-order valence-electron chi connectivity index (χ0n) is 15.3. The summed E-state index contributed by atoms with van der Waals surface area (Å²) in [6.07, 6.45) is 3.71. The Morgan fingerprint density at radius 1 is 1.00 bits per heavy atom. The first kappa shape index (κ1) is 17.4. The minimum Gasteiger partial charge on any atom is -0.357 e. The molecule has 1 aliphatic heterocycles. The van der Waals surface area contributed by atoms with Gasteiger partial charge < -0.3 is 10.2 Å². The predicted octanol–water partition coefficient (Wildman–Crippen LogP) is 3.32. The van der Waals surface area contributed by atoms with E-state index in [-0.39, 0.29) is 5.91 Å². The summed E-state index contributed by atoms with van der Waals surface area (Å²) in [6.45, 7) is 8.41. The number of carbonyl (C=O) groups excluding carboxylic acids is 1. The van der Waals surface area contributed by atoms with Crippen LogP contribution in [0.4, 0.5) is 5.82 Å². The molecule has 2 aromatic rings. The Morgan fingerprint density at radius 3 is 2.36 bits per heavy atom. The van der Waals surface area contributed by atoms with Gasteiger partial charge in [-0.15, -0.1) is 0 Å². The summed E-state index contributed by atoms with van der Waals surface area (Å²) in [7, 11) is 0. The van der Waals surface area contributed by atoms with Gasteiger partial charge in [0.15, 0.2) is 0 Å². The van der Waals surface area contributed by atoms with Gasteiger partial charge in [0.05, 0.1) is 6.54 Å². The van der Waals surface area contributed by atoms with Crippen LogP contribution in [-0.4, -0.2) is 29.0 Å². The summed E-state index contributed by atoms with van der Waals surface area (Å²) < 4.78 is 0. The highest BCUT2D eigenvalue weighted by Crippen LogP contribution is 2.18. The Morgan fingerprint density at radius 2 is 1.68 bits per heavy atom. The molecule has 0 bridgehead atoms. The molecule has 1 amide bonds. The number of aryl methyl sites for hydroxylation is 3. The number of amides is 1. The molecule has 3 rings (SSSR count). The molecular formula is C20H26N4O. The average Bonchev–Trinajstić information content (AvgIpc) is 2.59. The molecule has 1 aromatic heterocycles. The number of hydrogen-bond donors (Lipinski definition) is 1. The molecule has 5 nitrogen and oxygen atoms in total. The molecular weight excluding hydrogens is 312 g/mol. The minimum absolute atomic E-state index is 0.0866. The zero-order valence-corrected chi connectivity index (χ0v) is 15.3. The second-order valence-corrected chi connectivity index (χ2v) is 6.89. The van der Waals surface area contributed by atoms with Gasteiger partial charge in [0.2, 0.25) is 0 Å². The van der Waals surface area contributed by atoms with E-state index in [0.29, 0.717) is 17.9 Å². The molecule has 0 unspecified atom stereocenters. The molecule has 0 atom stereocenters. The molecule has 0 aliphatic carbocycles. The first-order valence-corrected chi connectivity index (χ1v) is 8.97. The SMILES string of the molecule is Cc1cc(C)cc(C(=O)NCc2nc(C)cc(N3CCCCC3)n2)c1. The molecule has 0 spiro atoms. The van der Waals surface area contributed by atoms with Gasteiger partial charge in [-0.1, -0.05) is 17.2 Å². The maximum Gasteiger partial charge on any atom is 0.251 e. The molecule has 132 valence electrons. The molecule has 0 radical (unpaired) electrons. The van der Waals surface area contributed by atoms with Crippen molar-refractivity contribution < 1.29 is 4.79 Å². The molecule has 1 saturated heterocycles.